The quantitative estimate of drug-likeness (QED) is 0.638. The molecule has 0 aliphatic rings. The molecule has 0 fully saturated rings. The average molecular weight is 324 g/mol. The molecule has 23 heavy (non-hydrogen) atoms. The number of aliphatic hydroxyl groups is 1. The number of hydrogen-bond acceptors (Lipinski definition) is 5. The third-order valence-corrected chi connectivity index (χ3v) is 3.03. The Labute approximate surface area is 138 Å². The van der Waals surface area contributed by atoms with Crippen LogP contribution in [0.15, 0.2) is 24.3 Å². The van der Waals surface area contributed by atoms with E-state index >= 15 is 0 Å². The van der Waals surface area contributed by atoms with E-state index in [0.29, 0.717) is 13.0 Å². The molecule has 1 atom stereocenters. The predicted molar refractivity (Wildman–Crippen MR) is 89.6 cm³/mol. The SMILES string of the molecule is COc1cccc(CCNC(O)CCOC(=O)NC(C)(C)C)c1. The third-order valence-electron chi connectivity index (χ3n) is 3.03. The number of benzene rings is 1. The molecule has 0 saturated carbocycles. The Balaban J connectivity index is 2.17. The van der Waals surface area contributed by atoms with Gasteiger partial charge < -0.3 is 19.9 Å². The van der Waals surface area contributed by atoms with Crippen LogP contribution in [-0.4, -0.2) is 43.2 Å². The summed E-state index contributed by atoms with van der Waals surface area (Å²) >= 11 is 0. The van der Waals surface area contributed by atoms with Gasteiger partial charge in [-0.15, -0.1) is 0 Å². The number of hydrogen-bond donors (Lipinski definition) is 3. The van der Waals surface area contributed by atoms with Crippen LogP contribution in [0.4, 0.5) is 4.79 Å². The molecule has 0 heterocycles. The number of carbonyl (C=O) groups is 1. The maximum Gasteiger partial charge on any atom is 0.407 e. The van der Waals surface area contributed by atoms with E-state index in [-0.39, 0.29) is 12.1 Å². The van der Waals surface area contributed by atoms with E-state index in [1.165, 1.54) is 0 Å². The summed E-state index contributed by atoms with van der Waals surface area (Å²) in [5.74, 6) is 0.821. The highest BCUT2D eigenvalue weighted by Crippen LogP contribution is 2.12. The van der Waals surface area contributed by atoms with Gasteiger partial charge in [-0.2, -0.15) is 0 Å². The maximum absolute atomic E-state index is 11.5. The van der Waals surface area contributed by atoms with Crippen LogP contribution in [0.1, 0.15) is 32.8 Å². The summed E-state index contributed by atoms with van der Waals surface area (Å²) in [4.78, 5) is 11.5. The highest BCUT2D eigenvalue weighted by molar-refractivity contribution is 5.67. The molecule has 0 saturated heterocycles. The fourth-order valence-electron chi connectivity index (χ4n) is 1.92. The lowest BCUT2D eigenvalue weighted by Crippen LogP contribution is -2.41. The summed E-state index contributed by atoms with van der Waals surface area (Å²) < 4.78 is 10.2. The second-order valence-electron chi connectivity index (χ2n) is 6.37. The Kier molecular flexibility index (Phi) is 7.85. The molecule has 0 aliphatic carbocycles. The number of methoxy groups -OCH3 is 1. The minimum Gasteiger partial charge on any atom is -0.497 e. The monoisotopic (exact) mass is 324 g/mol. The van der Waals surface area contributed by atoms with E-state index in [4.69, 9.17) is 9.47 Å². The van der Waals surface area contributed by atoms with Gasteiger partial charge in [-0.25, -0.2) is 4.79 Å². The molecule has 1 aromatic carbocycles. The van der Waals surface area contributed by atoms with Gasteiger partial charge in [0.15, 0.2) is 0 Å². The van der Waals surface area contributed by atoms with Crippen molar-refractivity contribution in [1.82, 2.24) is 10.6 Å². The van der Waals surface area contributed by atoms with Crippen LogP contribution in [0, 0.1) is 0 Å². The molecule has 3 N–H and O–H groups in total. The van der Waals surface area contributed by atoms with Gasteiger partial charge in [-0.1, -0.05) is 12.1 Å². The number of carbonyl (C=O) groups excluding carboxylic acids is 1. The van der Waals surface area contributed by atoms with E-state index in [1.807, 2.05) is 45.0 Å². The van der Waals surface area contributed by atoms with Gasteiger partial charge in [-0.05, 0) is 44.9 Å². The lowest BCUT2D eigenvalue weighted by atomic mass is 10.1. The lowest BCUT2D eigenvalue weighted by Gasteiger charge is -2.20. The van der Waals surface area contributed by atoms with Crippen molar-refractivity contribution in [2.75, 3.05) is 20.3 Å². The largest absolute Gasteiger partial charge is 0.497 e. The molecule has 0 spiro atoms. The van der Waals surface area contributed by atoms with Crippen LogP contribution in [-0.2, 0) is 11.2 Å². The van der Waals surface area contributed by atoms with Crippen molar-refractivity contribution in [1.29, 1.82) is 0 Å². The summed E-state index contributed by atoms with van der Waals surface area (Å²) in [6.45, 7) is 6.42. The zero-order valence-corrected chi connectivity index (χ0v) is 14.4. The molecule has 1 amide bonds. The summed E-state index contributed by atoms with van der Waals surface area (Å²) in [5, 5.41) is 15.5. The Bertz CT molecular complexity index is 486. The summed E-state index contributed by atoms with van der Waals surface area (Å²) in [6.07, 6.45) is -0.0564. The van der Waals surface area contributed by atoms with Gasteiger partial charge in [0.2, 0.25) is 0 Å². The highest BCUT2D eigenvalue weighted by Gasteiger charge is 2.14. The smallest absolute Gasteiger partial charge is 0.407 e. The Morgan fingerprint density at radius 3 is 2.74 bits per heavy atom. The molecular weight excluding hydrogens is 296 g/mol. The average Bonchev–Trinajstić information content (AvgIpc) is 2.45. The molecule has 0 bridgehead atoms. The normalized spacial score (nSPS) is 12.6. The van der Waals surface area contributed by atoms with Gasteiger partial charge in [0.25, 0.3) is 0 Å². The van der Waals surface area contributed by atoms with E-state index in [2.05, 4.69) is 10.6 Å². The van der Waals surface area contributed by atoms with Gasteiger partial charge in [0.05, 0.1) is 13.7 Å². The number of aliphatic hydroxyl groups excluding tert-OH is 1. The van der Waals surface area contributed by atoms with Crippen molar-refractivity contribution in [3.8, 4) is 5.75 Å². The van der Waals surface area contributed by atoms with Crippen LogP contribution in [0.3, 0.4) is 0 Å². The lowest BCUT2D eigenvalue weighted by molar-refractivity contribution is 0.0845. The van der Waals surface area contributed by atoms with Crippen molar-refractivity contribution in [2.45, 2.75) is 45.4 Å². The molecule has 130 valence electrons. The number of nitrogens with one attached hydrogen (secondary N) is 2. The van der Waals surface area contributed by atoms with Crippen molar-refractivity contribution < 1.29 is 19.4 Å². The van der Waals surface area contributed by atoms with Gasteiger partial charge >= 0.3 is 6.09 Å². The topological polar surface area (TPSA) is 79.8 Å². The first-order chi connectivity index (χ1) is 10.8. The molecule has 1 aromatic rings. The zero-order valence-electron chi connectivity index (χ0n) is 14.4. The van der Waals surface area contributed by atoms with Gasteiger partial charge in [0, 0.05) is 18.5 Å². The van der Waals surface area contributed by atoms with Crippen LogP contribution in [0.25, 0.3) is 0 Å². The van der Waals surface area contributed by atoms with E-state index in [9.17, 15) is 9.90 Å². The van der Waals surface area contributed by atoms with Crippen LogP contribution < -0.4 is 15.4 Å². The van der Waals surface area contributed by atoms with E-state index in [0.717, 1.165) is 17.7 Å². The first-order valence-corrected chi connectivity index (χ1v) is 7.79. The molecule has 0 radical (unpaired) electrons. The first-order valence-electron chi connectivity index (χ1n) is 7.79. The number of amides is 1. The molecule has 1 rings (SSSR count). The second kappa shape index (κ2) is 9.37. The molecule has 0 aliphatic heterocycles. The van der Waals surface area contributed by atoms with Gasteiger partial charge in [-0.3, -0.25) is 5.32 Å². The summed E-state index contributed by atoms with van der Waals surface area (Å²) in [7, 11) is 1.64. The third kappa shape index (κ3) is 9.05. The van der Waals surface area contributed by atoms with E-state index in [1.54, 1.807) is 7.11 Å². The van der Waals surface area contributed by atoms with Crippen molar-refractivity contribution >= 4 is 6.09 Å². The fraction of sp³-hybridized carbons (Fsp3) is 0.588. The van der Waals surface area contributed by atoms with E-state index < -0.39 is 12.3 Å². The molecule has 0 aromatic heterocycles. The number of ether oxygens (including phenoxy) is 2. The maximum atomic E-state index is 11.5. The Morgan fingerprint density at radius 1 is 1.35 bits per heavy atom. The van der Waals surface area contributed by atoms with Crippen molar-refractivity contribution in [3.63, 3.8) is 0 Å². The van der Waals surface area contributed by atoms with Crippen molar-refractivity contribution in [2.24, 2.45) is 0 Å². The van der Waals surface area contributed by atoms with Crippen molar-refractivity contribution in [3.05, 3.63) is 29.8 Å². The van der Waals surface area contributed by atoms with Crippen LogP contribution in [0.2, 0.25) is 0 Å². The van der Waals surface area contributed by atoms with Gasteiger partial charge in [0.1, 0.15) is 12.0 Å². The minimum absolute atomic E-state index is 0.162. The highest BCUT2D eigenvalue weighted by atomic mass is 16.5. The van der Waals surface area contributed by atoms with Crippen LogP contribution in [0.5, 0.6) is 5.75 Å². The predicted octanol–water partition coefficient (Wildman–Crippen LogP) is 2.06. The van der Waals surface area contributed by atoms with Crippen LogP contribution >= 0.6 is 0 Å². The number of rotatable bonds is 8. The standard InChI is InChI=1S/C17H28N2O4/c1-17(2,3)19-16(21)23-11-9-15(20)18-10-8-13-6-5-7-14(12-13)22-4/h5-7,12,15,18,20H,8-11H2,1-4H3,(H,19,21). The molecular formula is C17H28N2O4. The molecule has 6 heteroatoms. The Morgan fingerprint density at radius 2 is 2.09 bits per heavy atom. The molecule has 6 nitrogen and oxygen atoms in total. The minimum atomic E-state index is -0.706. The summed E-state index contributed by atoms with van der Waals surface area (Å²) in [6, 6.07) is 7.81. The fourth-order valence-corrected chi connectivity index (χ4v) is 1.92. The number of alkyl carbamates (subject to hydrolysis) is 1. The Hall–Kier alpha value is -1.79. The summed E-state index contributed by atoms with van der Waals surface area (Å²) in [5.41, 5.74) is 0.801. The first kappa shape index (κ1) is 19.3. The molecule has 1 unspecified atom stereocenters. The zero-order chi connectivity index (χ0) is 17.3. The second-order valence-corrected chi connectivity index (χ2v) is 6.37.